The number of Topliss-reactive ketones (excluding diaryl/α,β-unsaturated/α-hetero) is 1. The second-order valence-corrected chi connectivity index (χ2v) is 6.01. The lowest BCUT2D eigenvalue weighted by atomic mass is 10.0. The number of hydrogen-bond acceptors (Lipinski definition) is 5. The zero-order valence-corrected chi connectivity index (χ0v) is 13.9. The molecule has 0 saturated heterocycles. The third-order valence-corrected chi connectivity index (χ3v) is 4.17. The number of hydrogen-bond donors (Lipinski definition) is 0. The van der Waals surface area contributed by atoms with E-state index >= 15 is 0 Å². The predicted octanol–water partition coefficient (Wildman–Crippen LogP) is 4.92. The number of halogens is 1. The molecule has 6 heteroatoms. The minimum Gasteiger partial charge on any atom is -0.285 e. The molecule has 0 unspecified atom stereocenters. The fraction of sp³-hybridized carbons (Fsp3) is 0.0526. The summed E-state index contributed by atoms with van der Waals surface area (Å²) in [6, 6.07) is 20.6. The van der Waals surface area contributed by atoms with Crippen LogP contribution in [0.3, 0.4) is 0 Å². The van der Waals surface area contributed by atoms with Gasteiger partial charge in [0.05, 0.1) is 5.69 Å². The molecule has 0 spiro atoms. The van der Waals surface area contributed by atoms with E-state index in [1.807, 2.05) is 48.5 Å². The average molecular weight is 349 g/mol. The molecule has 3 aromatic rings. The van der Waals surface area contributed by atoms with E-state index in [4.69, 9.17) is 11.6 Å². The summed E-state index contributed by atoms with van der Waals surface area (Å²) in [6.07, 6.45) is 0. The van der Waals surface area contributed by atoms with Gasteiger partial charge in [0.2, 0.25) is 11.6 Å². The highest BCUT2D eigenvalue weighted by Gasteiger charge is 2.19. The summed E-state index contributed by atoms with van der Waals surface area (Å²) in [6.45, 7) is 0.260. The Balaban J connectivity index is 1.65. The van der Waals surface area contributed by atoms with Gasteiger partial charge < -0.3 is 0 Å². The molecular weight excluding hydrogens is 336 g/mol. The second kappa shape index (κ2) is 6.45. The molecule has 4 rings (SSSR count). The van der Waals surface area contributed by atoms with Crippen LogP contribution >= 0.6 is 11.6 Å². The molecule has 1 aliphatic rings. The average Bonchev–Trinajstić information content (AvgIpc) is 2.68. The highest BCUT2D eigenvalue weighted by atomic mass is 35.5. The van der Waals surface area contributed by atoms with Crippen molar-refractivity contribution in [2.75, 3.05) is 11.7 Å². The number of amidine groups is 1. The molecule has 0 aromatic heterocycles. The van der Waals surface area contributed by atoms with Gasteiger partial charge in [0, 0.05) is 10.6 Å². The summed E-state index contributed by atoms with van der Waals surface area (Å²) in [5, 5.41) is 16.6. The van der Waals surface area contributed by atoms with Crippen LogP contribution in [0.2, 0.25) is 5.02 Å². The van der Waals surface area contributed by atoms with Crippen LogP contribution in [0, 0.1) is 0 Å². The molecule has 1 aliphatic heterocycles. The Bertz CT molecular complexity index is 1010. The van der Waals surface area contributed by atoms with Gasteiger partial charge in [0.15, 0.2) is 6.67 Å². The number of carbonyl (C=O) groups excluding carboxylic acids is 1. The summed E-state index contributed by atoms with van der Waals surface area (Å²) in [4.78, 5) is 12.7. The quantitative estimate of drug-likeness (QED) is 0.631. The maximum Gasteiger partial charge on any atom is 0.241 e. The Hall–Kier alpha value is -3.05. The summed E-state index contributed by atoms with van der Waals surface area (Å²) >= 11 is 5.91. The second-order valence-electron chi connectivity index (χ2n) is 5.57. The van der Waals surface area contributed by atoms with Gasteiger partial charge in [-0.15, -0.1) is 10.2 Å². The number of azo groups is 1. The summed E-state index contributed by atoms with van der Waals surface area (Å²) in [5.74, 6) is -0.190. The molecule has 0 aliphatic carbocycles. The van der Waals surface area contributed by atoms with Gasteiger partial charge >= 0.3 is 0 Å². The molecule has 0 saturated carbocycles. The lowest BCUT2D eigenvalue weighted by Crippen LogP contribution is -2.25. The van der Waals surface area contributed by atoms with Gasteiger partial charge in [0.1, 0.15) is 0 Å². The van der Waals surface area contributed by atoms with Crippen LogP contribution in [0.1, 0.15) is 10.4 Å². The fourth-order valence-electron chi connectivity index (χ4n) is 2.63. The smallest absolute Gasteiger partial charge is 0.241 e. The first kappa shape index (κ1) is 15.5. The maximum atomic E-state index is 12.7. The molecule has 0 fully saturated rings. The Morgan fingerprint density at radius 2 is 1.72 bits per heavy atom. The standard InChI is InChI=1S/C19H13ClN4O/c20-16-7-9-17(10-8-16)24-12-21-22-19(23-24)18(25)15-6-5-13-3-1-2-4-14(13)11-15/h1-11H,12H2. The van der Waals surface area contributed by atoms with Gasteiger partial charge in [-0.05, 0) is 41.1 Å². The van der Waals surface area contributed by atoms with E-state index in [2.05, 4.69) is 15.3 Å². The third kappa shape index (κ3) is 3.14. The van der Waals surface area contributed by atoms with Crippen LogP contribution in [0.25, 0.3) is 10.8 Å². The Morgan fingerprint density at radius 1 is 0.960 bits per heavy atom. The third-order valence-electron chi connectivity index (χ3n) is 3.92. The van der Waals surface area contributed by atoms with Crippen LogP contribution in [0.4, 0.5) is 5.69 Å². The van der Waals surface area contributed by atoms with E-state index in [-0.39, 0.29) is 18.3 Å². The minimum absolute atomic E-state index is 0.0662. The molecule has 0 radical (unpaired) electrons. The van der Waals surface area contributed by atoms with Gasteiger partial charge in [-0.1, -0.05) is 48.0 Å². The van der Waals surface area contributed by atoms with Crippen molar-refractivity contribution in [2.45, 2.75) is 0 Å². The van der Waals surface area contributed by atoms with E-state index in [0.29, 0.717) is 10.6 Å². The first-order chi connectivity index (χ1) is 12.2. The Labute approximate surface area is 149 Å². The van der Waals surface area contributed by atoms with Gasteiger partial charge in [0.25, 0.3) is 0 Å². The van der Waals surface area contributed by atoms with E-state index in [0.717, 1.165) is 16.5 Å². The summed E-state index contributed by atoms with van der Waals surface area (Å²) in [5.41, 5.74) is 1.33. The fourth-order valence-corrected chi connectivity index (χ4v) is 2.75. The van der Waals surface area contributed by atoms with E-state index < -0.39 is 0 Å². The molecule has 5 nitrogen and oxygen atoms in total. The highest BCUT2D eigenvalue weighted by Crippen LogP contribution is 2.21. The summed E-state index contributed by atoms with van der Waals surface area (Å²) in [7, 11) is 0. The number of fused-ring (bicyclic) bond motifs is 1. The maximum absolute atomic E-state index is 12.7. The minimum atomic E-state index is -0.256. The molecule has 3 aromatic carbocycles. The lowest BCUT2D eigenvalue weighted by Gasteiger charge is -2.19. The molecule has 0 amide bonds. The van der Waals surface area contributed by atoms with Crippen molar-refractivity contribution in [2.24, 2.45) is 15.3 Å². The number of ketones is 1. The number of carbonyl (C=O) groups is 1. The first-order valence-corrected chi connectivity index (χ1v) is 8.11. The molecule has 0 bridgehead atoms. The zero-order valence-electron chi connectivity index (χ0n) is 13.1. The largest absolute Gasteiger partial charge is 0.285 e. The number of rotatable bonds is 3. The van der Waals surface area contributed by atoms with Crippen molar-refractivity contribution in [3.05, 3.63) is 77.3 Å². The molecule has 0 atom stereocenters. The van der Waals surface area contributed by atoms with Gasteiger partial charge in [-0.3, -0.25) is 4.79 Å². The normalized spacial score (nSPS) is 13.8. The molecular formula is C19H13ClN4O. The number of hydrazone groups is 1. The predicted molar refractivity (Wildman–Crippen MR) is 99.4 cm³/mol. The first-order valence-electron chi connectivity index (χ1n) is 7.73. The molecule has 25 heavy (non-hydrogen) atoms. The van der Waals surface area contributed by atoms with Crippen molar-refractivity contribution in [1.29, 1.82) is 0 Å². The zero-order chi connectivity index (χ0) is 17.2. The topological polar surface area (TPSA) is 57.4 Å². The van der Waals surface area contributed by atoms with Crippen LogP contribution in [0.15, 0.2) is 82.1 Å². The molecule has 122 valence electrons. The Morgan fingerprint density at radius 3 is 2.52 bits per heavy atom. The van der Waals surface area contributed by atoms with Crippen LogP contribution in [0.5, 0.6) is 0 Å². The SMILES string of the molecule is O=C(C1=NN(c2ccc(Cl)cc2)CN=N1)c1ccc2ccccc2c1. The summed E-state index contributed by atoms with van der Waals surface area (Å²) < 4.78 is 0. The monoisotopic (exact) mass is 348 g/mol. The van der Waals surface area contributed by atoms with Crippen LogP contribution in [-0.2, 0) is 0 Å². The number of anilines is 1. The van der Waals surface area contributed by atoms with Gasteiger partial charge in [-0.25, -0.2) is 5.01 Å². The molecule has 1 heterocycles. The number of nitrogens with zero attached hydrogens (tertiary/aromatic N) is 4. The molecule has 0 N–H and O–H groups in total. The van der Waals surface area contributed by atoms with E-state index in [1.54, 1.807) is 23.2 Å². The Kier molecular flexibility index (Phi) is 3.99. The van der Waals surface area contributed by atoms with Crippen molar-refractivity contribution in [3.8, 4) is 0 Å². The van der Waals surface area contributed by atoms with Crippen molar-refractivity contribution < 1.29 is 4.79 Å². The van der Waals surface area contributed by atoms with Gasteiger partial charge in [-0.2, -0.15) is 5.11 Å². The van der Waals surface area contributed by atoms with Crippen LogP contribution < -0.4 is 5.01 Å². The van der Waals surface area contributed by atoms with Crippen molar-refractivity contribution in [3.63, 3.8) is 0 Å². The highest BCUT2D eigenvalue weighted by molar-refractivity contribution is 6.45. The van der Waals surface area contributed by atoms with E-state index in [9.17, 15) is 4.79 Å². The number of benzene rings is 3. The van der Waals surface area contributed by atoms with E-state index in [1.165, 1.54) is 0 Å². The van der Waals surface area contributed by atoms with Crippen LogP contribution in [-0.4, -0.2) is 18.3 Å². The van der Waals surface area contributed by atoms with Crippen molar-refractivity contribution in [1.82, 2.24) is 0 Å². The lowest BCUT2D eigenvalue weighted by molar-refractivity contribution is 0.106. The van der Waals surface area contributed by atoms with Crippen molar-refractivity contribution >= 4 is 39.7 Å².